The highest BCUT2D eigenvalue weighted by Crippen LogP contribution is 2.33. The van der Waals surface area contributed by atoms with Gasteiger partial charge in [0.2, 0.25) is 0 Å². The summed E-state index contributed by atoms with van der Waals surface area (Å²) >= 11 is 0. The van der Waals surface area contributed by atoms with Crippen molar-refractivity contribution in [3.63, 3.8) is 0 Å². The van der Waals surface area contributed by atoms with Crippen LogP contribution in [0.4, 0.5) is 0 Å². The quantitative estimate of drug-likeness (QED) is 0.580. The van der Waals surface area contributed by atoms with Crippen molar-refractivity contribution in [1.29, 1.82) is 0 Å². The third-order valence-electron chi connectivity index (χ3n) is 3.73. The van der Waals surface area contributed by atoms with Crippen LogP contribution in [0.25, 0.3) is 0 Å². The SMILES string of the molecule is CC1CCC(C(Cc2ncnn2C)NN)C1. The summed E-state index contributed by atoms with van der Waals surface area (Å²) in [5, 5.41) is 4.08. The molecule has 1 aromatic rings. The Bertz CT molecular complexity index is 335. The molecule has 1 fully saturated rings. The van der Waals surface area contributed by atoms with Crippen LogP contribution in [-0.4, -0.2) is 20.8 Å². The van der Waals surface area contributed by atoms with E-state index in [1.165, 1.54) is 19.3 Å². The van der Waals surface area contributed by atoms with Gasteiger partial charge in [0.15, 0.2) is 0 Å². The van der Waals surface area contributed by atoms with Crippen molar-refractivity contribution < 1.29 is 0 Å². The molecule has 5 heteroatoms. The van der Waals surface area contributed by atoms with Gasteiger partial charge in [0, 0.05) is 19.5 Å². The monoisotopic (exact) mass is 223 g/mol. The minimum atomic E-state index is 0.327. The van der Waals surface area contributed by atoms with Gasteiger partial charge in [0.1, 0.15) is 12.2 Å². The fraction of sp³-hybridized carbons (Fsp3) is 0.818. The standard InChI is InChI=1S/C11H21N5/c1-8-3-4-9(5-8)10(15-12)6-11-13-7-14-16(11)2/h7-10,15H,3-6,12H2,1-2H3. The number of aromatic nitrogens is 3. The molecule has 3 atom stereocenters. The normalized spacial score (nSPS) is 27.2. The molecule has 0 radical (unpaired) electrons. The van der Waals surface area contributed by atoms with Crippen molar-refractivity contribution in [3.05, 3.63) is 12.2 Å². The van der Waals surface area contributed by atoms with Gasteiger partial charge in [-0.25, -0.2) is 4.98 Å². The molecule has 2 rings (SSSR count). The lowest BCUT2D eigenvalue weighted by Gasteiger charge is -2.22. The average Bonchev–Trinajstić information content (AvgIpc) is 2.85. The maximum absolute atomic E-state index is 5.66. The number of nitrogens with one attached hydrogen (secondary N) is 1. The van der Waals surface area contributed by atoms with Crippen LogP contribution in [0.1, 0.15) is 32.0 Å². The second-order valence-corrected chi connectivity index (χ2v) is 4.96. The van der Waals surface area contributed by atoms with E-state index in [0.29, 0.717) is 12.0 Å². The van der Waals surface area contributed by atoms with Crippen LogP contribution in [0.15, 0.2) is 6.33 Å². The molecular weight excluding hydrogens is 202 g/mol. The number of rotatable bonds is 4. The predicted octanol–water partition coefficient (Wildman–Crippen LogP) is 0.626. The maximum atomic E-state index is 5.66. The van der Waals surface area contributed by atoms with Crippen LogP contribution in [0.2, 0.25) is 0 Å². The van der Waals surface area contributed by atoms with E-state index in [1.807, 2.05) is 11.7 Å². The molecule has 90 valence electrons. The smallest absolute Gasteiger partial charge is 0.138 e. The van der Waals surface area contributed by atoms with Gasteiger partial charge in [-0.05, 0) is 24.7 Å². The van der Waals surface area contributed by atoms with Gasteiger partial charge in [0.05, 0.1) is 0 Å². The molecule has 1 saturated carbocycles. The molecular formula is C11H21N5. The zero-order valence-corrected chi connectivity index (χ0v) is 10.1. The van der Waals surface area contributed by atoms with E-state index < -0.39 is 0 Å². The summed E-state index contributed by atoms with van der Waals surface area (Å²) in [5.41, 5.74) is 2.95. The fourth-order valence-electron chi connectivity index (χ4n) is 2.68. The number of nitrogens with two attached hydrogens (primary N) is 1. The van der Waals surface area contributed by atoms with Gasteiger partial charge < -0.3 is 0 Å². The van der Waals surface area contributed by atoms with Crippen molar-refractivity contribution in [2.75, 3.05) is 0 Å². The molecule has 1 aliphatic carbocycles. The second-order valence-electron chi connectivity index (χ2n) is 4.96. The van der Waals surface area contributed by atoms with E-state index in [0.717, 1.165) is 18.2 Å². The lowest BCUT2D eigenvalue weighted by atomic mass is 9.94. The Hall–Kier alpha value is -0.940. The van der Waals surface area contributed by atoms with E-state index >= 15 is 0 Å². The van der Waals surface area contributed by atoms with Gasteiger partial charge >= 0.3 is 0 Å². The zero-order chi connectivity index (χ0) is 11.5. The average molecular weight is 223 g/mol. The topological polar surface area (TPSA) is 68.8 Å². The van der Waals surface area contributed by atoms with E-state index in [4.69, 9.17) is 5.84 Å². The van der Waals surface area contributed by atoms with Crippen molar-refractivity contribution in [2.45, 2.75) is 38.6 Å². The van der Waals surface area contributed by atoms with Crippen LogP contribution < -0.4 is 11.3 Å². The number of nitrogens with zero attached hydrogens (tertiary/aromatic N) is 3. The van der Waals surface area contributed by atoms with Crippen LogP contribution in [-0.2, 0) is 13.5 Å². The Kier molecular flexibility index (Phi) is 3.56. The number of hydrogen-bond donors (Lipinski definition) is 2. The highest BCUT2D eigenvalue weighted by Gasteiger charge is 2.29. The van der Waals surface area contributed by atoms with E-state index in [2.05, 4.69) is 22.4 Å². The second kappa shape index (κ2) is 4.93. The van der Waals surface area contributed by atoms with Crippen LogP contribution >= 0.6 is 0 Å². The molecule has 0 aromatic carbocycles. The van der Waals surface area contributed by atoms with Crippen LogP contribution in [0, 0.1) is 11.8 Å². The summed E-state index contributed by atoms with van der Waals surface area (Å²) in [4.78, 5) is 4.25. The molecule has 5 nitrogen and oxygen atoms in total. The Labute approximate surface area is 96.4 Å². The first-order valence-corrected chi connectivity index (χ1v) is 5.99. The van der Waals surface area contributed by atoms with Crippen molar-refractivity contribution in [1.82, 2.24) is 20.2 Å². The minimum absolute atomic E-state index is 0.327. The molecule has 1 aliphatic rings. The summed E-state index contributed by atoms with van der Waals surface area (Å²) < 4.78 is 1.82. The van der Waals surface area contributed by atoms with E-state index in [1.54, 1.807) is 6.33 Å². The minimum Gasteiger partial charge on any atom is -0.271 e. The third kappa shape index (κ3) is 2.41. The molecule has 0 saturated heterocycles. The Morgan fingerprint density at radius 3 is 2.94 bits per heavy atom. The van der Waals surface area contributed by atoms with Crippen molar-refractivity contribution in [2.24, 2.45) is 24.7 Å². The summed E-state index contributed by atoms with van der Waals surface area (Å²) in [6, 6.07) is 0.327. The molecule has 0 amide bonds. The first-order chi connectivity index (χ1) is 7.70. The molecule has 0 bridgehead atoms. The van der Waals surface area contributed by atoms with Gasteiger partial charge in [-0.3, -0.25) is 16.0 Å². The molecule has 16 heavy (non-hydrogen) atoms. The number of hydrazine groups is 1. The molecule has 3 N–H and O–H groups in total. The predicted molar refractivity (Wildman–Crippen MR) is 62.3 cm³/mol. The number of hydrogen-bond acceptors (Lipinski definition) is 4. The Morgan fingerprint density at radius 1 is 1.62 bits per heavy atom. The molecule has 1 heterocycles. The van der Waals surface area contributed by atoms with E-state index in [9.17, 15) is 0 Å². The molecule has 1 aromatic heterocycles. The number of aryl methyl sites for hydroxylation is 1. The first-order valence-electron chi connectivity index (χ1n) is 5.99. The van der Waals surface area contributed by atoms with Crippen LogP contribution in [0.5, 0.6) is 0 Å². The van der Waals surface area contributed by atoms with Crippen molar-refractivity contribution in [3.8, 4) is 0 Å². The Balaban J connectivity index is 1.98. The molecule has 0 spiro atoms. The fourth-order valence-corrected chi connectivity index (χ4v) is 2.68. The van der Waals surface area contributed by atoms with Crippen molar-refractivity contribution >= 4 is 0 Å². The van der Waals surface area contributed by atoms with Gasteiger partial charge in [0.25, 0.3) is 0 Å². The highest BCUT2D eigenvalue weighted by atomic mass is 15.3. The lowest BCUT2D eigenvalue weighted by molar-refractivity contribution is 0.345. The first kappa shape index (κ1) is 11.5. The molecule has 3 unspecified atom stereocenters. The summed E-state index contributed by atoms with van der Waals surface area (Å²) in [6.45, 7) is 2.32. The summed E-state index contributed by atoms with van der Waals surface area (Å²) in [5.74, 6) is 8.17. The summed E-state index contributed by atoms with van der Waals surface area (Å²) in [6.07, 6.45) is 6.33. The van der Waals surface area contributed by atoms with Gasteiger partial charge in [-0.15, -0.1) is 0 Å². The van der Waals surface area contributed by atoms with Gasteiger partial charge in [-0.2, -0.15) is 5.10 Å². The Morgan fingerprint density at radius 2 is 2.44 bits per heavy atom. The summed E-state index contributed by atoms with van der Waals surface area (Å²) in [7, 11) is 1.92. The largest absolute Gasteiger partial charge is 0.271 e. The van der Waals surface area contributed by atoms with Gasteiger partial charge in [-0.1, -0.05) is 13.3 Å². The zero-order valence-electron chi connectivity index (χ0n) is 10.1. The van der Waals surface area contributed by atoms with E-state index in [-0.39, 0.29) is 0 Å². The molecule has 0 aliphatic heterocycles. The maximum Gasteiger partial charge on any atom is 0.138 e. The van der Waals surface area contributed by atoms with Crippen LogP contribution in [0.3, 0.4) is 0 Å². The highest BCUT2D eigenvalue weighted by molar-refractivity contribution is 4.92. The third-order valence-corrected chi connectivity index (χ3v) is 3.73. The lowest BCUT2D eigenvalue weighted by Crippen LogP contribution is -2.42.